The summed E-state index contributed by atoms with van der Waals surface area (Å²) >= 11 is 11.7. The van der Waals surface area contributed by atoms with Gasteiger partial charge in [0.15, 0.2) is 0 Å². The Morgan fingerprint density at radius 1 is 1.03 bits per heavy atom. The van der Waals surface area contributed by atoms with Gasteiger partial charge in [0, 0.05) is 16.0 Å². The zero-order valence-electron chi connectivity index (χ0n) is 15.4. The third-order valence-corrected chi connectivity index (χ3v) is 5.21. The van der Waals surface area contributed by atoms with E-state index in [0.717, 1.165) is 0 Å². The second-order valence-electron chi connectivity index (χ2n) is 6.87. The molecule has 0 bridgehead atoms. The van der Waals surface area contributed by atoms with E-state index < -0.39 is 5.82 Å². The largest absolute Gasteiger partial charge is 0.506 e. The number of hydrogen-bond acceptors (Lipinski definition) is 4. The summed E-state index contributed by atoms with van der Waals surface area (Å²) in [7, 11) is 0. The van der Waals surface area contributed by atoms with Gasteiger partial charge < -0.3 is 15.7 Å². The van der Waals surface area contributed by atoms with Crippen molar-refractivity contribution in [2.24, 2.45) is 5.92 Å². The number of carbonyl (C=O) groups is 2. The van der Waals surface area contributed by atoms with Crippen molar-refractivity contribution in [3.05, 3.63) is 52.3 Å². The number of hydrogen-bond donors (Lipinski definition) is 3. The number of carbonyl (C=O) groups excluding carboxylic acids is 2. The van der Waals surface area contributed by atoms with Gasteiger partial charge in [0.2, 0.25) is 11.8 Å². The Kier molecular flexibility index (Phi) is 6.95. The Bertz CT molecular complexity index is 918. The molecule has 1 saturated heterocycles. The summed E-state index contributed by atoms with van der Waals surface area (Å²) in [5, 5.41) is 15.8. The Labute approximate surface area is 177 Å². The normalized spacial score (nSPS) is 15.1. The monoisotopic (exact) mass is 439 g/mol. The van der Waals surface area contributed by atoms with Crippen molar-refractivity contribution in [3.63, 3.8) is 0 Å². The molecule has 0 aliphatic carbocycles. The first kappa shape index (κ1) is 21.4. The van der Waals surface area contributed by atoms with E-state index in [4.69, 9.17) is 23.2 Å². The number of rotatable bonds is 5. The van der Waals surface area contributed by atoms with Crippen LogP contribution in [-0.2, 0) is 9.59 Å². The number of phenols is 1. The molecule has 0 unspecified atom stereocenters. The predicted molar refractivity (Wildman–Crippen MR) is 111 cm³/mol. The Hall–Kier alpha value is -2.35. The lowest BCUT2D eigenvalue weighted by Gasteiger charge is -2.30. The van der Waals surface area contributed by atoms with Crippen LogP contribution in [0.5, 0.6) is 5.75 Å². The summed E-state index contributed by atoms with van der Waals surface area (Å²) in [6.45, 7) is 1.19. The molecule has 2 aromatic rings. The number of anilines is 2. The molecule has 3 rings (SSSR count). The highest BCUT2D eigenvalue weighted by atomic mass is 35.5. The number of likely N-dealkylation sites (tertiary alicyclic amines) is 1. The Balaban J connectivity index is 1.48. The second-order valence-corrected chi connectivity index (χ2v) is 7.75. The molecule has 0 aromatic heterocycles. The molecule has 0 atom stereocenters. The van der Waals surface area contributed by atoms with Crippen LogP contribution in [0.4, 0.5) is 15.8 Å². The van der Waals surface area contributed by atoms with Crippen LogP contribution in [-0.4, -0.2) is 41.5 Å². The van der Waals surface area contributed by atoms with Crippen LogP contribution in [0, 0.1) is 11.7 Å². The van der Waals surface area contributed by atoms with Crippen molar-refractivity contribution in [2.45, 2.75) is 12.8 Å². The predicted octanol–water partition coefficient (Wildman–Crippen LogP) is 4.13. The second kappa shape index (κ2) is 9.43. The van der Waals surface area contributed by atoms with Crippen LogP contribution in [0.3, 0.4) is 0 Å². The first-order valence-electron chi connectivity index (χ1n) is 9.08. The fraction of sp³-hybridized carbons (Fsp3) is 0.300. The molecule has 29 heavy (non-hydrogen) atoms. The number of halogens is 3. The van der Waals surface area contributed by atoms with E-state index in [1.54, 1.807) is 0 Å². The molecular formula is C20H20Cl2FN3O3. The Morgan fingerprint density at radius 3 is 2.34 bits per heavy atom. The molecule has 154 valence electrons. The molecule has 0 radical (unpaired) electrons. The van der Waals surface area contributed by atoms with E-state index in [-0.39, 0.29) is 41.4 Å². The molecule has 2 aromatic carbocycles. The minimum absolute atomic E-state index is 0.0399. The van der Waals surface area contributed by atoms with Crippen LogP contribution in [0.25, 0.3) is 0 Å². The van der Waals surface area contributed by atoms with E-state index in [2.05, 4.69) is 10.6 Å². The molecule has 1 fully saturated rings. The molecule has 1 heterocycles. The molecule has 2 amide bonds. The smallest absolute Gasteiger partial charge is 0.238 e. The topological polar surface area (TPSA) is 81.7 Å². The molecule has 9 heteroatoms. The number of aromatic hydroxyl groups is 1. The van der Waals surface area contributed by atoms with Crippen molar-refractivity contribution in [3.8, 4) is 5.75 Å². The zero-order valence-corrected chi connectivity index (χ0v) is 16.9. The van der Waals surface area contributed by atoms with Crippen molar-refractivity contribution in [1.82, 2.24) is 4.90 Å². The third kappa shape index (κ3) is 5.82. The van der Waals surface area contributed by atoms with Gasteiger partial charge in [-0.2, -0.15) is 0 Å². The van der Waals surface area contributed by atoms with Gasteiger partial charge in [-0.05, 0) is 62.3 Å². The van der Waals surface area contributed by atoms with Crippen LogP contribution < -0.4 is 10.6 Å². The van der Waals surface area contributed by atoms with E-state index in [0.29, 0.717) is 36.0 Å². The Morgan fingerprint density at radius 2 is 1.66 bits per heavy atom. The highest BCUT2D eigenvalue weighted by Crippen LogP contribution is 2.28. The number of nitrogens with zero attached hydrogens (tertiary/aromatic N) is 1. The van der Waals surface area contributed by atoms with Crippen LogP contribution in [0.15, 0.2) is 36.4 Å². The lowest BCUT2D eigenvalue weighted by atomic mass is 9.95. The quantitative estimate of drug-likeness (QED) is 0.611. The van der Waals surface area contributed by atoms with Crippen LogP contribution in [0.2, 0.25) is 10.0 Å². The van der Waals surface area contributed by atoms with E-state index >= 15 is 0 Å². The van der Waals surface area contributed by atoms with Crippen molar-refractivity contribution in [1.29, 1.82) is 0 Å². The van der Waals surface area contributed by atoms with E-state index in [9.17, 15) is 19.1 Å². The average Bonchev–Trinajstić information content (AvgIpc) is 2.68. The highest BCUT2D eigenvalue weighted by Gasteiger charge is 2.26. The lowest BCUT2D eigenvalue weighted by molar-refractivity contribution is -0.121. The lowest BCUT2D eigenvalue weighted by Crippen LogP contribution is -2.41. The first-order chi connectivity index (χ1) is 13.8. The fourth-order valence-corrected chi connectivity index (χ4v) is 3.53. The molecule has 1 aliphatic heterocycles. The number of piperidine rings is 1. The van der Waals surface area contributed by atoms with Crippen molar-refractivity contribution < 1.29 is 19.1 Å². The number of nitrogens with one attached hydrogen (secondary N) is 2. The van der Waals surface area contributed by atoms with Gasteiger partial charge in [-0.1, -0.05) is 23.2 Å². The number of amides is 2. The van der Waals surface area contributed by atoms with Gasteiger partial charge in [0.25, 0.3) is 0 Å². The van der Waals surface area contributed by atoms with Gasteiger partial charge >= 0.3 is 0 Å². The van der Waals surface area contributed by atoms with E-state index in [1.807, 2.05) is 4.90 Å². The number of benzene rings is 2. The molecule has 6 nitrogen and oxygen atoms in total. The van der Waals surface area contributed by atoms with Crippen molar-refractivity contribution >= 4 is 46.4 Å². The maximum atomic E-state index is 13.7. The first-order valence-corrected chi connectivity index (χ1v) is 9.84. The summed E-state index contributed by atoms with van der Waals surface area (Å²) in [5.74, 6) is -1.39. The van der Waals surface area contributed by atoms with Gasteiger partial charge in [-0.15, -0.1) is 0 Å². The molecule has 3 N–H and O–H groups in total. The summed E-state index contributed by atoms with van der Waals surface area (Å²) in [6.07, 6.45) is 1.12. The summed E-state index contributed by atoms with van der Waals surface area (Å²) in [4.78, 5) is 26.5. The van der Waals surface area contributed by atoms with Gasteiger partial charge in [-0.3, -0.25) is 14.5 Å². The van der Waals surface area contributed by atoms with Gasteiger partial charge in [0.1, 0.15) is 11.6 Å². The van der Waals surface area contributed by atoms with Gasteiger partial charge in [-0.25, -0.2) is 4.39 Å². The maximum Gasteiger partial charge on any atom is 0.238 e. The standard InChI is InChI=1S/C20H20Cl2FN3O3/c21-13-1-3-15(23)16(9-13)24-19(28)11-26-7-5-12(6-8-26)20(29)25-17-10-14(22)2-4-18(17)27/h1-4,9-10,12,27H,5-8,11H2,(H,24,28)(H,25,29). The van der Waals surface area contributed by atoms with Crippen molar-refractivity contribution in [2.75, 3.05) is 30.3 Å². The fourth-order valence-electron chi connectivity index (χ4n) is 3.18. The third-order valence-electron chi connectivity index (χ3n) is 4.74. The highest BCUT2D eigenvalue weighted by molar-refractivity contribution is 6.31. The molecular weight excluding hydrogens is 420 g/mol. The summed E-state index contributed by atoms with van der Waals surface area (Å²) in [6, 6.07) is 8.40. The summed E-state index contributed by atoms with van der Waals surface area (Å²) in [5.41, 5.74) is 0.311. The maximum absolute atomic E-state index is 13.7. The molecule has 0 spiro atoms. The van der Waals surface area contributed by atoms with Crippen LogP contribution >= 0.6 is 23.2 Å². The van der Waals surface area contributed by atoms with Crippen LogP contribution in [0.1, 0.15) is 12.8 Å². The average molecular weight is 440 g/mol. The zero-order chi connectivity index (χ0) is 21.0. The molecule has 1 aliphatic rings. The summed E-state index contributed by atoms with van der Waals surface area (Å²) < 4.78 is 13.7. The van der Waals surface area contributed by atoms with Gasteiger partial charge in [0.05, 0.1) is 17.9 Å². The number of phenolic OH excluding ortho intramolecular Hbond substituents is 1. The minimum atomic E-state index is -0.553. The molecule has 0 saturated carbocycles. The van der Waals surface area contributed by atoms with E-state index in [1.165, 1.54) is 36.4 Å². The minimum Gasteiger partial charge on any atom is -0.506 e. The SMILES string of the molecule is O=C(CN1CCC(C(=O)Nc2cc(Cl)ccc2O)CC1)Nc1cc(Cl)ccc1F.